The first kappa shape index (κ1) is 9.90. The predicted octanol–water partition coefficient (Wildman–Crippen LogP) is -1.08. The highest BCUT2D eigenvalue weighted by molar-refractivity contribution is 5.84. The largest absolute Gasteiger partial charge is 0.481 e. The maximum Gasteiger partial charge on any atom is 0.305 e. The van der Waals surface area contributed by atoms with Crippen LogP contribution in [0.15, 0.2) is 0 Å². The Morgan fingerprint density at radius 1 is 1.64 bits per heavy atom. The number of rotatable bonds is 5. The zero-order chi connectivity index (χ0) is 8.85. The van der Waals surface area contributed by atoms with Crippen LogP contribution >= 0.6 is 0 Å². The lowest BCUT2D eigenvalue weighted by atomic mass is 10.2. The molecular weight excluding hydrogens is 148 g/mol. The van der Waals surface area contributed by atoms with E-state index in [9.17, 15) is 9.59 Å². The van der Waals surface area contributed by atoms with Gasteiger partial charge in [-0.05, 0) is 6.54 Å². The molecule has 0 aliphatic rings. The maximum absolute atomic E-state index is 10.5. The number of likely N-dealkylation sites (N-methyl/N-ethyl adjacent to an activating group) is 1. The number of primary amides is 1. The number of amides is 1. The number of carbonyl (C=O) groups is 2. The molecule has 0 saturated carbocycles. The summed E-state index contributed by atoms with van der Waals surface area (Å²) in [4.78, 5) is 20.7. The Kier molecular flexibility index (Phi) is 4.21. The van der Waals surface area contributed by atoms with Crippen molar-refractivity contribution in [3.05, 3.63) is 0 Å². The van der Waals surface area contributed by atoms with Crippen LogP contribution in [0.4, 0.5) is 0 Å². The molecule has 5 nitrogen and oxygen atoms in total. The first-order valence-corrected chi connectivity index (χ1v) is 3.32. The van der Waals surface area contributed by atoms with E-state index in [2.05, 4.69) is 5.32 Å². The van der Waals surface area contributed by atoms with Gasteiger partial charge >= 0.3 is 5.97 Å². The van der Waals surface area contributed by atoms with Crippen molar-refractivity contribution in [3.8, 4) is 0 Å². The summed E-state index contributed by atoms with van der Waals surface area (Å²) in [6.07, 6.45) is -0.261. The highest BCUT2D eigenvalue weighted by Crippen LogP contribution is 1.89. The van der Waals surface area contributed by atoms with Crippen LogP contribution in [0.2, 0.25) is 0 Å². The Bertz CT molecular complexity index is 158. The number of carboxylic acid groups (broad SMARTS) is 1. The molecule has 0 aromatic carbocycles. The van der Waals surface area contributed by atoms with Gasteiger partial charge < -0.3 is 16.2 Å². The summed E-state index contributed by atoms with van der Waals surface area (Å²) in [5.74, 6) is -1.66. The van der Waals surface area contributed by atoms with E-state index in [1.165, 1.54) is 0 Å². The predicted molar refractivity (Wildman–Crippen MR) is 38.9 cm³/mol. The van der Waals surface area contributed by atoms with Gasteiger partial charge in [0.2, 0.25) is 5.91 Å². The first-order valence-electron chi connectivity index (χ1n) is 3.32. The number of nitrogens with two attached hydrogens (primary N) is 1. The number of hydrogen-bond acceptors (Lipinski definition) is 3. The Labute approximate surface area is 64.6 Å². The second-order valence-corrected chi connectivity index (χ2v) is 2.11. The summed E-state index contributed by atoms with van der Waals surface area (Å²) in [7, 11) is 0. The summed E-state index contributed by atoms with van der Waals surface area (Å²) < 4.78 is 0. The molecule has 0 radical (unpaired) electrons. The second kappa shape index (κ2) is 4.68. The van der Waals surface area contributed by atoms with Crippen molar-refractivity contribution in [2.75, 3.05) is 6.54 Å². The van der Waals surface area contributed by atoms with Crippen LogP contribution in [0, 0.1) is 0 Å². The Hall–Kier alpha value is -1.10. The Morgan fingerprint density at radius 3 is 2.45 bits per heavy atom. The molecule has 0 saturated heterocycles. The van der Waals surface area contributed by atoms with E-state index in [1.807, 2.05) is 0 Å². The van der Waals surface area contributed by atoms with Crippen molar-refractivity contribution in [1.82, 2.24) is 5.32 Å². The quantitative estimate of drug-likeness (QED) is 0.477. The molecule has 4 N–H and O–H groups in total. The summed E-state index contributed by atoms with van der Waals surface area (Å²) in [5, 5.41) is 11.0. The molecule has 0 unspecified atom stereocenters. The van der Waals surface area contributed by atoms with Crippen LogP contribution in [0.25, 0.3) is 0 Å². The third kappa shape index (κ3) is 4.32. The zero-order valence-corrected chi connectivity index (χ0v) is 6.33. The fraction of sp³-hybridized carbons (Fsp3) is 0.667. The molecule has 0 heterocycles. The van der Waals surface area contributed by atoms with Crippen LogP contribution in [-0.4, -0.2) is 29.6 Å². The van der Waals surface area contributed by atoms with Crippen molar-refractivity contribution in [2.45, 2.75) is 19.4 Å². The lowest BCUT2D eigenvalue weighted by Crippen LogP contribution is -2.42. The van der Waals surface area contributed by atoms with Crippen molar-refractivity contribution in [2.24, 2.45) is 5.73 Å². The van der Waals surface area contributed by atoms with E-state index in [0.717, 1.165) is 0 Å². The van der Waals surface area contributed by atoms with E-state index in [-0.39, 0.29) is 6.42 Å². The smallest absolute Gasteiger partial charge is 0.305 e. The molecular formula is C6H12N2O3. The summed E-state index contributed by atoms with van der Waals surface area (Å²) >= 11 is 0. The van der Waals surface area contributed by atoms with Gasteiger partial charge in [0.15, 0.2) is 0 Å². The van der Waals surface area contributed by atoms with Gasteiger partial charge in [0.1, 0.15) is 0 Å². The van der Waals surface area contributed by atoms with Gasteiger partial charge in [0.25, 0.3) is 0 Å². The maximum atomic E-state index is 10.5. The highest BCUT2D eigenvalue weighted by atomic mass is 16.4. The van der Waals surface area contributed by atoms with Gasteiger partial charge in [-0.1, -0.05) is 6.92 Å². The molecule has 0 rings (SSSR count). The van der Waals surface area contributed by atoms with Crippen LogP contribution in [0.5, 0.6) is 0 Å². The Balaban J connectivity index is 3.89. The molecule has 0 spiro atoms. The normalized spacial score (nSPS) is 12.5. The van der Waals surface area contributed by atoms with Crippen LogP contribution in [0.3, 0.4) is 0 Å². The molecule has 5 heteroatoms. The summed E-state index contributed by atoms with van der Waals surface area (Å²) in [6.45, 7) is 2.30. The molecule has 0 aliphatic carbocycles. The SMILES string of the molecule is CCN[C@@H](CC(=O)O)C(N)=O. The molecule has 0 bridgehead atoms. The Morgan fingerprint density at radius 2 is 2.18 bits per heavy atom. The molecule has 0 aromatic heterocycles. The number of nitrogens with one attached hydrogen (secondary N) is 1. The van der Waals surface area contributed by atoms with Gasteiger partial charge in [-0.15, -0.1) is 0 Å². The van der Waals surface area contributed by atoms with Crippen LogP contribution < -0.4 is 11.1 Å². The van der Waals surface area contributed by atoms with E-state index in [1.54, 1.807) is 6.92 Å². The summed E-state index contributed by atoms with van der Waals surface area (Å²) in [5.41, 5.74) is 4.91. The van der Waals surface area contributed by atoms with Crippen molar-refractivity contribution < 1.29 is 14.7 Å². The van der Waals surface area contributed by atoms with Crippen LogP contribution in [0.1, 0.15) is 13.3 Å². The number of hydrogen-bond donors (Lipinski definition) is 3. The number of aliphatic carboxylic acids is 1. The monoisotopic (exact) mass is 160 g/mol. The molecule has 0 aromatic rings. The third-order valence-electron chi connectivity index (χ3n) is 1.17. The third-order valence-corrected chi connectivity index (χ3v) is 1.17. The first-order chi connectivity index (χ1) is 5.07. The van der Waals surface area contributed by atoms with Gasteiger partial charge in [-0.25, -0.2) is 0 Å². The van der Waals surface area contributed by atoms with E-state index >= 15 is 0 Å². The lowest BCUT2D eigenvalue weighted by Gasteiger charge is -2.10. The van der Waals surface area contributed by atoms with Crippen molar-refractivity contribution >= 4 is 11.9 Å². The van der Waals surface area contributed by atoms with E-state index in [0.29, 0.717) is 6.54 Å². The fourth-order valence-electron chi connectivity index (χ4n) is 0.694. The van der Waals surface area contributed by atoms with Gasteiger partial charge in [-0.2, -0.15) is 0 Å². The molecule has 64 valence electrons. The second-order valence-electron chi connectivity index (χ2n) is 2.11. The molecule has 0 aliphatic heterocycles. The average Bonchev–Trinajstić information content (AvgIpc) is 1.86. The minimum absolute atomic E-state index is 0.261. The lowest BCUT2D eigenvalue weighted by molar-refractivity contribution is -0.139. The zero-order valence-electron chi connectivity index (χ0n) is 6.33. The number of carbonyl (C=O) groups excluding carboxylic acids is 1. The average molecular weight is 160 g/mol. The van der Waals surface area contributed by atoms with E-state index in [4.69, 9.17) is 10.8 Å². The van der Waals surface area contributed by atoms with Crippen molar-refractivity contribution in [1.29, 1.82) is 0 Å². The van der Waals surface area contributed by atoms with Crippen molar-refractivity contribution in [3.63, 3.8) is 0 Å². The summed E-state index contributed by atoms with van der Waals surface area (Å²) in [6, 6.07) is -0.752. The number of carboxylic acids is 1. The van der Waals surface area contributed by atoms with Gasteiger partial charge in [0.05, 0.1) is 12.5 Å². The standard InChI is InChI=1S/C6H12N2O3/c1-2-8-4(6(7)11)3-5(9)10/h4,8H,2-3H2,1H3,(H2,7,11)(H,9,10)/t4-/m0/s1. The molecule has 1 atom stereocenters. The topological polar surface area (TPSA) is 92.4 Å². The highest BCUT2D eigenvalue weighted by Gasteiger charge is 2.16. The minimum atomic E-state index is -1.03. The molecule has 11 heavy (non-hydrogen) atoms. The van der Waals surface area contributed by atoms with Crippen LogP contribution in [-0.2, 0) is 9.59 Å². The van der Waals surface area contributed by atoms with Gasteiger partial charge in [0, 0.05) is 0 Å². The molecule has 1 amide bonds. The fourth-order valence-corrected chi connectivity index (χ4v) is 0.694. The van der Waals surface area contributed by atoms with E-state index < -0.39 is 17.9 Å². The minimum Gasteiger partial charge on any atom is -0.481 e. The molecule has 0 fully saturated rings. The van der Waals surface area contributed by atoms with Gasteiger partial charge in [-0.3, -0.25) is 9.59 Å².